The Labute approximate surface area is 157 Å². The highest BCUT2D eigenvalue weighted by molar-refractivity contribution is 7.99. The smallest absolute Gasteiger partial charge is 0.0716 e. The van der Waals surface area contributed by atoms with Gasteiger partial charge in [-0.25, -0.2) is 0 Å². The first-order valence-electron chi connectivity index (χ1n) is 8.74. The second kappa shape index (κ2) is 6.15. The van der Waals surface area contributed by atoms with E-state index in [1.165, 1.54) is 43.2 Å². The average molecular weight is 351 g/mol. The van der Waals surface area contributed by atoms with Crippen LogP contribution in [0.3, 0.4) is 0 Å². The van der Waals surface area contributed by atoms with Gasteiger partial charge in [-0.2, -0.15) is 0 Å². The molecule has 124 valence electrons. The first kappa shape index (κ1) is 15.4. The van der Waals surface area contributed by atoms with Crippen LogP contribution >= 0.6 is 11.8 Å². The largest absolute Gasteiger partial charge is 0.256 e. The first-order valence-corrected chi connectivity index (χ1v) is 9.55. The zero-order valence-corrected chi connectivity index (χ0v) is 15.3. The Balaban J connectivity index is 1.84. The third-order valence-electron chi connectivity index (χ3n) is 4.81. The van der Waals surface area contributed by atoms with Gasteiger partial charge >= 0.3 is 0 Å². The maximum absolute atomic E-state index is 4.65. The predicted octanol–water partition coefficient (Wildman–Crippen LogP) is 6.86. The van der Waals surface area contributed by atoms with E-state index in [2.05, 4.69) is 84.7 Å². The SMILES string of the molecule is Cc1ccnc(-c2cccc3c2Sc2ccccc2-c2ccccc2-3)c1. The fourth-order valence-corrected chi connectivity index (χ4v) is 4.81. The van der Waals surface area contributed by atoms with Crippen LogP contribution in [0.1, 0.15) is 5.56 Å². The van der Waals surface area contributed by atoms with Crippen LogP contribution in [0.5, 0.6) is 0 Å². The van der Waals surface area contributed by atoms with Crippen LogP contribution in [0.25, 0.3) is 33.5 Å². The molecule has 0 aliphatic carbocycles. The van der Waals surface area contributed by atoms with E-state index in [0.29, 0.717) is 0 Å². The van der Waals surface area contributed by atoms with E-state index in [1.54, 1.807) is 0 Å². The van der Waals surface area contributed by atoms with Crippen LogP contribution in [-0.2, 0) is 0 Å². The normalized spacial score (nSPS) is 11.9. The standard InChI is InChI=1S/C24H17NS/c1-16-13-14-25-22(15-16)21-11-6-10-20-18-8-3-2-7-17(18)19-9-4-5-12-23(19)26-24(20)21/h2-15H,1H3. The average Bonchev–Trinajstić information content (AvgIpc) is 2.82. The molecular weight excluding hydrogens is 334 g/mol. The quantitative estimate of drug-likeness (QED) is 0.327. The summed E-state index contributed by atoms with van der Waals surface area (Å²) in [4.78, 5) is 7.22. The number of aromatic nitrogens is 1. The highest BCUT2D eigenvalue weighted by Crippen LogP contribution is 2.50. The molecule has 0 N–H and O–H groups in total. The zero-order valence-electron chi connectivity index (χ0n) is 14.4. The minimum Gasteiger partial charge on any atom is -0.256 e. The lowest BCUT2D eigenvalue weighted by Crippen LogP contribution is -1.90. The van der Waals surface area contributed by atoms with E-state index in [4.69, 9.17) is 0 Å². The van der Waals surface area contributed by atoms with Crippen LogP contribution in [0.4, 0.5) is 0 Å². The molecule has 0 atom stereocenters. The molecule has 1 aromatic heterocycles. The Morgan fingerprint density at radius 1 is 0.654 bits per heavy atom. The van der Waals surface area contributed by atoms with Gasteiger partial charge in [0.05, 0.1) is 5.69 Å². The molecule has 1 nitrogen and oxygen atoms in total. The first-order chi connectivity index (χ1) is 12.8. The molecule has 2 heterocycles. The summed E-state index contributed by atoms with van der Waals surface area (Å²) in [6, 6.07) is 28.1. The highest BCUT2D eigenvalue weighted by atomic mass is 32.2. The van der Waals surface area contributed by atoms with Crippen LogP contribution in [0, 0.1) is 6.92 Å². The minimum atomic E-state index is 1.03. The molecule has 1 aliphatic heterocycles. The maximum Gasteiger partial charge on any atom is 0.0716 e. The van der Waals surface area contributed by atoms with Gasteiger partial charge in [-0.3, -0.25) is 4.98 Å². The molecule has 0 bridgehead atoms. The highest BCUT2D eigenvalue weighted by Gasteiger charge is 2.22. The molecule has 0 saturated heterocycles. The molecule has 1 aliphatic rings. The van der Waals surface area contributed by atoms with Crippen molar-refractivity contribution < 1.29 is 0 Å². The van der Waals surface area contributed by atoms with Gasteiger partial charge in [0.1, 0.15) is 0 Å². The molecule has 0 amide bonds. The second-order valence-corrected chi connectivity index (χ2v) is 7.60. The monoisotopic (exact) mass is 351 g/mol. The van der Waals surface area contributed by atoms with Gasteiger partial charge in [-0.1, -0.05) is 72.4 Å². The fraction of sp³-hybridized carbons (Fsp3) is 0.0417. The zero-order chi connectivity index (χ0) is 17.5. The molecule has 2 heteroatoms. The van der Waals surface area contributed by atoms with E-state index in [1.807, 2.05) is 24.0 Å². The van der Waals surface area contributed by atoms with E-state index < -0.39 is 0 Å². The molecule has 0 saturated carbocycles. The third-order valence-corrected chi connectivity index (χ3v) is 6.03. The van der Waals surface area contributed by atoms with Gasteiger partial charge in [-0.05, 0) is 52.9 Å². The van der Waals surface area contributed by atoms with Crippen LogP contribution in [0.15, 0.2) is 94.9 Å². The Bertz CT molecular complexity index is 1130. The van der Waals surface area contributed by atoms with Crippen LogP contribution in [-0.4, -0.2) is 4.98 Å². The van der Waals surface area contributed by atoms with Crippen molar-refractivity contribution in [2.45, 2.75) is 16.7 Å². The summed E-state index contributed by atoms with van der Waals surface area (Å²) in [5.74, 6) is 0. The Hall–Kier alpha value is -2.84. The lowest BCUT2D eigenvalue weighted by Gasteiger charge is -2.13. The number of aryl methyl sites for hydroxylation is 1. The lowest BCUT2D eigenvalue weighted by atomic mass is 9.93. The number of nitrogens with zero attached hydrogens (tertiary/aromatic N) is 1. The van der Waals surface area contributed by atoms with Gasteiger partial charge in [0, 0.05) is 21.6 Å². The number of rotatable bonds is 1. The molecular formula is C24H17NS. The molecule has 0 spiro atoms. The second-order valence-electron chi connectivity index (χ2n) is 6.54. The lowest BCUT2D eigenvalue weighted by molar-refractivity contribution is 1.26. The molecule has 4 aromatic rings. The number of pyridine rings is 1. The summed E-state index contributed by atoms with van der Waals surface area (Å²) < 4.78 is 0. The van der Waals surface area contributed by atoms with Crippen molar-refractivity contribution in [1.29, 1.82) is 0 Å². The summed E-state index contributed by atoms with van der Waals surface area (Å²) in [7, 11) is 0. The van der Waals surface area contributed by atoms with Crippen molar-refractivity contribution in [3.63, 3.8) is 0 Å². The van der Waals surface area contributed by atoms with Crippen molar-refractivity contribution in [2.75, 3.05) is 0 Å². The van der Waals surface area contributed by atoms with Gasteiger partial charge < -0.3 is 0 Å². The molecule has 0 fully saturated rings. The molecule has 0 radical (unpaired) electrons. The van der Waals surface area contributed by atoms with E-state index in [0.717, 1.165) is 5.69 Å². The van der Waals surface area contributed by atoms with Gasteiger partial charge in [0.15, 0.2) is 0 Å². The van der Waals surface area contributed by atoms with E-state index >= 15 is 0 Å². The number of fused-ring (bicyclic) bond motifs is 5. The minimum absolute atomic E-state index is 1.03. The third kappa shape index (κ3) is 2.46. The van der Waals surface area contributed by atoms with Gasteiger partial charge in [0.2, 0.25) is 0 Å². The summed E-state index contributed by atoms with van der Waals surface area (Å²) >= 11 is 1.85. The Morgan fingerprint density at radius 3 is 2.12 bits per heavy atom. The summed E-state index contributed by atoms with van der Waals surface area (Å²) in [5, 5.41) is 0. The molecule has 0 unspecified atom stereocenters. The summed E-state index contributed by atoms with van der Waals surface area (Å²) in [6.45, 7) is 2.12. The molecule has 5 rings (SSSR count). The van der Waals surface area contributed by atoms with Crippen LogP contribution in [0.2, 0.25) is 0 Å². The van der Waals surface area contributed by atoms with E-state index in [-0.39, 0.29) is 0 Å². The fourth-order valence-electron chi connectivity index (χ4n) is 3.59. The van der Waals surface area contributed by atoms with Crippen molar-refractivity contribution in [2.24, 2.45) is 0 Å². The predicted molar refractivity (Wildman–Crippen MR) is 109 cm³/mol. The number of hydrogen-bond acceptors (Lipinski definition) is 2. The maximum atomic E-state index is 4.65. The molecule has 26 heavy (non-hydrogen) atoms. The van der Waals surface area contributed by atoms with Crippen molar-refractivity contribution in [3.8, 4) is 33.5 Å². The van der Waals surface area contributed by atoms with Gasteiger partial charge in [0.25, 0.3) is 0 Å². The topological polar surface area (TPSA) is 12.9 Å². The van der Waals surface area contributed by atoms with E-state index in [9.17, 15) is 0 Å². The summed E-state index contributed by atoms with van der Waals surface area (Å²) in [6.07, 6.45) is 1.90. The Kier molecular flexibility index (Phi) is 3.65. The number of hydrogen-bond donors (Lipinski definition) is 0. The van der Waals surface area contributed by atoms with Gasteiger partial charge in [-0.15, -0.1) is 0 Å². The van der Waals surface area contributed by atoms with Crippen LogP contribution < -0.4 is 0 Å². The van der Waals surface area contributed by atoms with Crippen molar-refractivity contribution in [1.82, 2.24) is 4.98 Å². The Morgan fingerprint density at radius 2 is 1.31 bits per heavy atom. The van der Waals surface area contributed by atoms with Crippen molar-refractivity contribution in [3.05, 3.63) is 90.6 Å². The number of benzene rings is 3. The van der Waals surface area contributed by atoms with Crippen molar-refractivity contribution >= 4 is 11.8 Å². The molecule has 3 aromatic carbocycles. The summed E-state index contributed by atoms with van der Waals surface area (Å²) in [5.41, 5.74) is 8.62.